The molecule has 3 rings (SSSR count). The third-order valence-electron chi connectivity index (χ3n) is 3.63. The molecule has 0 radical (unpaired) electrons. The fourth-order valence-electron chi connectivity index (χ4n) is 2.46. The number of para-hydroxylation sites is 1. The Kier molecular flexibility index (Phi) is 4.00. The van der Waals surface area contributed by atoms with Crippen molar-refractivity contribution in [3.05, 3.63) is 53.6 Å². The molecule has 110 valence electrons. The van der Waals surface area contributed by atoms with Crippen molar-refractivity contribution < 1.29 is 14.2 Å². The normalized spacial score (nSPS) is 12.7. The zero-order chi connectivity index (χ0) is 14.7. The number of ether oxygens (including phenoxy) is 3. The lowest BCUT2D eigenvalue weighted by Crippen LogP contribution is -2.04. The average Bonchev–Trinajstić information content (AvgIpc) is 2.95. The predicted octanol–water partition coefficient (Wildman–Crippen LogP) is 4.16. The predicted molar refractivity (Wildman–Crippen MR) is 82.3 cm³/mol. The Morgan fingerprint density at radius 1 is 1.05 bits per heavy atom. The highest BCUT2D eigenvalue weighted by Crippen LogP contribution is 2.32. The van der Waals surface area contributed by atoms with Crippen molar-refractivity contribution in [2.24, 2.45) is 0 Å². The van der Waals surface area contributed by atoms with Crippen LogP contribution < -0.4 is 14.2 Å². The zero-order valence-electron chi connectivity index (χ0n) is 12.5. The van der Waals surface area contributed by atoms with Crippen LogP contribution in [0.15, 0.2) is 42.5 Å². The van der Waals surface area contributed by atoms with Crippen molar-refractivity contribution in [2.75, 3.05) is 13.4 Å². The van der Waals surface area contributed by atoms with Crippen LogP contribution in [0.1, 0.15) is 30.9 Å². The summed E-state index contributed by atoms with van der Waals surface area (Å²) in [7, 11) is 0. The molecule has 0 fully saturated rings. The molecule has 1 aliphatic heterocycles. The molecule has 0 aliphatic carbocycles. The van der Waals surface area contributed by atoms with Gasteiger partial charge in [0.2, 0.25) is 6.79 Å². The van der Waals surface area contributed by atoms with Crippen LogP contribution in [0.3, 0.4) is 0 Å². The van der Waals surface area contributed by atoms with Gasteiger partial charge in [0.1, 0.15) is 5.75 Å². The molecule has 21 heavy (non-hydrogen) atoms. The average molecular weight is 284 g/mol. The molecule has 0 spiro atoms. The minimum absolute atomic E-state index is 0.317. The molecule has 1 heterocycles. The van der Waals surface area contributed by atoms with Crippen LogP contribution >= 0.6 is 0 Å². The fraction of sp³-hybridized carbons (Fsp3) is 0.333. The standard InChI is InChI=1S/C18H20O3/c1-13(2)15-5-3-4-6-16(15)19-10-9-14-7-8-17-18(11-14)21-12-20-17/h3-8,11,13H,9-10,12H2,1-2H3. The van der Waals surface area contributed by atoms with Gasteiger partial charge in [-0.2, -0.15) is 0 Å². The van der Waals surface area contributed by atoms with Crippen molar-refractivity contribution in [2.45, 2.75) is 26.2 Å². The summed E-state index contributed by atoms with van der Waals surface area (Å²) in [5.41, 5.74) is 2.45. The highest BCUT2D eigenvalue weighted by atomic mass is 16.7. The van der Waals surface area contributed by atoms with Gasteiger partial charge < -0.3 is 14.2 Å². The van der Waals surface area contributed by atoms with Crippen LogP contribution in [0.2, 0.25) is 0 Å². The van der Waals surface area contributed by atoms with Crippen LogP contribution in [0, 0.1) is 0 Å². The quantitative estimate of drug-likeness (QED) is 0.825. The summed E-state index contributed by atoms with van der Waals surface area (Å²) in [4.78, 5) is 0. The van der Waals surface area contributed by atoms with Crippen molar-refractivity contribution in [3.63, 3.8) is 0 Å². The Labute approximate surface area is 125 Å². The number of fused-ring (bicyclic) bond motifs is 1. The smallest absolute Gasteiger partial charge is 0.231 e. The first-order chi connectivity index (χ1) is 10.2. The van der Waals surface area contributed by atoms with Gasteiger partial charge in [0.05, 0.1) is 6.61 Å². The number of hydrogen-bond acceptors (Lipinski definition) is 3. The van der Waals surface area contributed by atoms with Gasteiger partial charge in [-0.25, -0.2) is 0 Å². The van der Waals surface area contributed by atoms with Crippen molar-refractivity contribution in [3.8, 4) is 17.2 Å². The van der Waals surface area contributed by atoms with E-state index in [1.54, 1.807) is 0 Å². The fourth-order valence-corrected chi connectivity index (χ4v) is 2.46. The van der Waals surface area contributed by atoms with Crippen molar-refractivity contribution in [1.29, 1.82) is 0 Å². The molecule has 0 unspecified atom stereocenters. The van der Waals surface area contributed by atoms with Gasteiger partial charge in [-0.1, -0.05) is 38.1 Å². The first-order valence-electron chi connectivity index (χ1n) is 7.34. The van der Waals surface area contributed by atoms with E-state index in [-0.39, 0.29) is 0 Å². The molecule has 0 amide bonds. The van der Waals surface area contributed by atoms with E-state index >= 15 is 0 Å². The second kappa shape index (κ2) is 6.08. The van der Waals surface area contributed by atoms with E-state index in [0.717, 1.165) is 23.7 Å². The molecule has 3 nitrogen and oxygen atoms in total. The SMILES string of the molecule is CC(C)c1ccccc1OCCc1ccc2c(c1)OCO2. The maximum Gasteiger partial charge on any atom is 0.231 e. The molecule has 2 aromatic carbocycles. The van der Waals surface area contributed by atoms with E-state index in [9.17, 15) is 0 Å². The highest BCUT2D eigenvalue weighted by molar-refractivity contribution is 5.44. The van der Waals surface area contributed by atoms with Crippen molar-refractivity contribution >= 4 is 0 Å². The summed E-state index contributed by atoms with van der Waals surface area (Å²) in [5, 5.41) is 0. The molecule has 0 saturated heterocycles. The van der Waals surface area contributed by atoms with Gasteiger partial charge in [-0.15, -0.1) is 0 Å². The Morgan fingerprint density at radius 2 is 1.86 bits per heavy atom. The summed E-state index contributed by atoms with van der Waals surface area (Å²) in [6, 6.07) is 14.3. The van der Waals surface area contributed by atoms with Gasteiger partial charge >= 0.3 is 0 Å². The molecule has 0 N–H and O–H groups in total. The zero-order valence-corrected chi connectivity index (χ0v) is 12.5. The third kappa shape index (κ3) is 3.13. The monoisotopic (exact) mass is 284 g/mol. The Hall–Kier alpha value is -2.16. The minimum atomic E-state index is 0.317. The Bertz CT molecular complexity index is 620. The van der Waals surface area contributed by atoms with Crippen LogP contribution in [0.25, 0.3) is 0 Å². The number of rotatable bonds is 5. The molecule has 3 heteroatoms. The number of hydrogen-bond donors (Lipinski definition) is 0. The van der Waals surface area contributed by atoms with Gasteiger partial charge in [0, 0.05) is 6.42 Å². The second-order valence-electron chi connectivity index (χ2n) is 5.48. The van der Waals surface area contributed by atoms with Gasteiger partial charge in [-0.05, 0) is 35.2 Å². The van der Waals surface area contributed by atoms with Crippen LogP contribution in [-0.2, 0) is 6.42 Å². The van der Waals surface area contributed by atoms with E-state index < -0.39 is 0 Å². The summed E-state index contributed by atoms with van der Waals surface area (Å²) in [6.45, 7) is 5.33. The van der Waals surface area contributed by atoms with Crippen LogP contribution in [-0.4, -0.2) is 13.4 Å². The Morgan fingerprint density at radius 3 is 2.71 bits per heavy atom. The maximum absolute atomic E-state index is 5.95. The maximum atomic E-state index is 5.95. The van der Waals surface area contributed by atoms with Gasteiger partial charge in [0.15, 0.2) is 11.5 Å². The first-order valence-corrected chi connectivity index (χ1v) is 7.34. The summed E-state index contributed by atoms with van der Waals surface area (Å²) < 4.78 is 16.7. The van der Waals surface area contributed by atoms with Crippen molar-refractivity contribution in [1.82, 2.24) is 0 Å². The summed E-state index contributed by atoms with van der Waals surface area (Å²) in [5.74, 6) is 3.10. The summed E-state index contributed by atoms with van der Waals surface area (Å²) >= 11 is 0. The lowest BCUT2D eigenvalue weighted by atomic mass is 10.0. The van der Waals surface area contributed by atoms with Crippen LogP contribution in [0.5, 0.6) is 17.2 Å². The molecule has 0 atom stereocenters. The second-order valence-corrected chi connectivity index (χ2v) is 5.48. The molecule has 1 aliphatic rings. The lowest BCUT2D eigenvalue weighted by molar-refractivity contribution is 0.174. The van der Waals surface area contributed by atoms with Gasteiger partial charge in [-0.3, -0.25) is 0 Å². The Balaban J connectivity index is 1.61. The van der Waals surface area contributed by atoms with Crippen LogP contribution in [0.4, 0.5) is 0 Å². The van der Waals surface area contributed by atoms with E-state index in [0.29, 0.717) is 19.3 Å². The minimum Gasteiger partial charge on any atom is -0.493 e. The van der Waals surface area contributed by atoms with E-state index in [2.05, 4.69) is 32.0 Å². The molecule has 0 aromatic heterocycles. The highest BCUT2D eigenvalue weighted by Gasteiger charge is 2.13. The molecule has 2 aromatic rings. The van der Waals surface area contributed by atoms with E-state index in [1.165, 1.54) is 11.1 Å². The number of benzene rings is 2. The van der Waals surface area contributed by atoms with E-state index in [1.807, 2.05) is 24.3 Å². The van der Waals surface area contributed by atoms with E-state index in [4.69, 9.17) is 14.2 Å². The molecule has 0 saturated carbocycles. The largest absolute Gasteiger partial charge is 0.493 e. The lowest BCUT2D eigenvalue weighted by Gasteiger charge is -2.13. The topological polar surface area (TPSA) is 27.7 Å². The first kappa shape index (κ1) is 13.8. The molecular formula is C18H20O3. The molecular weight excluding hydrogens is 264 g/mol. The third-order valence-corrected chi connectivity index (χ3v) is 3.63. The van der Waals surface area contributed by atoms with Gasteiger partial charge in [0.25, 0.3) is 0 Å². The molecule has 0 bridgehead atoms. The summed E-state index contributed by atoms with van der Waals surface area (Å²) in [6.07, 6.45) is 0.850.